The SMILES string of the molecule is CC1(C)CCC(CN2CCN(c3ccc(C(=O)NS(=O)(=O)c4ccc(N[C@H](CCNCC5CC=CO5)CSc5ccccc5)c(S(=O)(=O)C(F)(F)Cl)c4)cc3)CC2)=C(c2ccc(Cl)cc2)C1. The second-order valence-electron chi connectivity index (χ2n) is 17.6. The predicted molar refractivity (Wildman–Crippen MR) is 261 cm³/mol. The first kappa shape index (κ1) is 49.7. The topological polar surface area (TPSA) is 137 Å². The first-order valence-electron chi connectivity index (χ1n) is 21.9. The molecule has 2 aliphatic heterocycles. The molecule has 1 aliphatic carbocycles. The smallest absolute Gasteiger partial charge is 0.427 e. The average Bonchev–Trinajstić information content (AvgIpc) is 3.82. The van der Waals surface area contributed by atoms with Crippen LogP contribution in [0.5, 0.6) is 0 Å². The Balaban J connectivity index is 1.01. The van der Waals surface area contributed by atoms with Crippen molar-refractivity contribution >= 4 is 77.7 Å². The number of rotatable bonds is 19. The molecule has 11 nitrogen and oxygen atoms in total. The Morgan fingerprint density at radius 1 is 0.955 bits per heavy atom. The molecule has 18 heteroatoms. The molecule has 7 rings (SSSR count). The van der Waals surface area contributed by atoms with Crippen molar-refractivity contribution < 1.29 is 35.1 Å². The summed E-state index contributed by atoms with van der Waals surface area (Å²) in [7, 11) is -10.4. The van der Waals surface area contributed by atoms with Crippen LogP contribution in [0.15, 0.2) is 130 Å². The van der Waals surface area contributed by atoms with Gasteiger partial charge >= 0.3 is 4.71 Å². The Labute approximate surface area is 401 Å². The summed E-state index contributed by atoms with van der Waals surface area (Å²) in [4.78, 5) is 17.2. The van der Waals surface area contributed by atoms with Crippen LogP contribution < -0.4 is 20.3 Å². The molecular weight excluding hydrogens is 948 g/mol. The molecule has 4 aromatic carbocycles. The van der Waals surface area contributed by atoms with E-state index in [1.165, 1.54) is 40.6 Å². The molecule has 354 valence electrons. The number of amides is 1. The summed E-state index contributed by atoms with van der Waals surface area (Å²) >= 11 is 12.8. The quantitative estimate of drug-likeness (QED) is 0.0471. The van der Waals surface area contributed by atoms with Crippen LogP contribution in [0, 0.1) is 5.41 Å². The highest BCUT2D eigenvalue weighted by Crippen LogP contribution is 2.44. The molecule has 0 bridgehead atoms. The molecule has 2 atom stereocenters. The minimum Gasteiger partial charge on any atom is -0.497 e. The van der Waals surface area contributed by atoms with Gasteiger partial charge in [0.05, 0.1) is 21.7 Å². The highest BCUT2D eigenvalue weighted by Gasteiger charge is 2.46. The number of anilines is 2. The van der Waals surface area contributed by atoms with E-state index in [0.29, 0.717) is 31.3 Å². The summed E-state index contributed by atoms with van der Waals surface area (Å²) in [5, 5.41) is 7.10. The third-order valence-electron chi connectivity index (χ3n) is 12.1. The van der Waals surface area contributed by atoms with Crippen molar-refractivity contribution in [3.8, 4) is 0 Å². The Kier molecular flexibility index (Phi) is 16.1. The number of carbonyl (C=O) groups excluding carboxylic acids is 1. The van der Waals surface area contributed by atoms with Gasteiger partial charge in [0.2, 0.25) is 0 Å². The molecule has 1 fully saturated rings. The van der Waals surface area contributed by atoms with E-state index in [1.807, 2.05) is 53.3 Å². The van der Waals surface area contributed by atoms with E-state index in [9.17, 15) is 30.4 Å². The third-order valence-corrected chi connectivity index (χ3v) is 17.0. The number of alkyl halides is 3. The fraction of sp³-hybridized carbons (Fsp3) is 0.396. The van der Waals surface area contributed by atoms with Gasteiger partial charge in [0, 0.05) is 78.7 Å². The van der Waals surface area contributed by atoms with Crippen molar-refractivity contribution in [3.63, 3.8) is 0 Å². The van der Waals surface area contributed by atoms with Crippen molar-refractivity contribution in [1.82, 2.24) is 14.9 Å². The van der Waals surface area contributed by atoms with Gasteiger partial charge in [-0.15, -0.1) is 11.8 Å². The zero-order valence-corrected chi connectivity index (χ0v) is 40.8. The van der Waals surface area contributed by atoms with Gasteiger partial charge in [0.1, 0.15) is 6.10 Å². The first-order chi connectivity index (χ1) is 31.4. The number of ether oxygens (including phenoxy) is 1. The van der Waals surface area contributed by atoms with E-state index < -0.39 is 46.3 Å². The zero-order valence-electron chi connectivity index (χ0n) is 36.8. The standard InChI is InChI=1S/C48H55Cl2F2N5O6S3/c1-47(2)22-20-36(43(30-47)34-10-14-37(49)15-11-34)32-56-24-26-57(27-25-56)39-16-12-35(13-17-39)46(58)55-66(61,62)42-18-19-44(45(29-42)65(59,60)48(50,51)52)54-38(33-64-41-8-4-3-5-9-41)21-23-53-31-40-7-6-28-63-40/h3-6,8-19,28-29,38,40,53-54H,7,20-27,30-33H2,1-2H3,(H,55,58)/t38-,40?/m1/s1. The van der Waals surface area contributed by atoms with Gasteiger partial charge < -0.3 is 20.3 Å². The third kappa shape index (κ3) is 12.9. The van der Waals surface area contributed by atoms with Crippen LogP contribution in [0.1, 0.15) is 61.9 Å². The molecule has 1 saturated heterocycles. The van der Waals surface area contributed by atoms with E-state index in [2.05, 4.69) is 46.4 Å². The number of hydrogen-bond acceptors (Lipinski definition) is 11. The van der Waals surface area contributed by atoms with Gasteiger partial charge in [-0.1, -0.05) is 61.4 Å². The molecule has 0 radical (unpaired) electrons. The molecular formula is C48H55Cl2F2N5O6S3. The van der Waals surface area contributed by atoms with Crippen molar-refractivity contribution in [3.05, 3.63) is 131 Å². The number of hydrogen-bond donors (Lipinski definition) is 3. The normalized spacial score (nSPS) is 18.5. The van der Waals surface area contributed by atoms with Crippen molar-refractivity contribution in [2.45, 2.75) is 77.5 Å². The molecule has 0 aromatic heterocycles. The summed E-state index contributed by atoms with van der Waals surface area (Å²) in [6.07, 6.45) is 7.93. The van der Waals surface area contributed by atoms with Gasteiger partial charge in [-0.2, -0.15) is 8.78 Å². The Morgan fingerprint density at radius 3 is 2.33 bits per heavy atom. The highest BCUT2D eigenvalue weighted by atomic mass is 35.5. The minimum absolute atomic E-state index is 0.0154. The van der Waals surface area contributed by atoms with Gasteiger partial charge in [-0.25, -0.2) is 21.6 Å². The van der Waals surface area contributed by atoms with Gasteiger partial charge in [0.15, 0.2) is 0 Å². The molecule has 2 heterocycles. The Hall–Kier alpha value is -4.16. The van der Waals surface area contributed by atoms with E-state index in [-0.39, 0.29) is 22.8 Å². The summed E-state index contributed by atoms with van der Waals surface area (Å²) in [5.74, 6) is -0.580. The number of allylic oxidation sites excluding steroid dienone is 1. The average molecular weight is 1000 g/mol. The fourth-order valence-corrected chi connectivity index (χ4v) is 11.7. The second-order valence-corrected chi connectivity index (χ2v) is 23.5. The molecule has 1 amide bonds. The van der Waals surface area contributed by atoms with Crippen LogP contribution >= 0.6 is 35.0 Å². The zero-order chi connectivity index (χ0) is 47.1. The van der Waals surface area contributed by atoms with E-state index in [1.54, 1.807) is 18.4 Å². The number of halogens is 4. The summed E-state index contributed by atoms with van der Waals surface area (Å²) in [6.45, 7) is 9.74. The molecule has 3 N–H and O–H groups in total. The van der Waals surface area contributed by atoms with Gasteiger partial charge in [-0.05, 0) is 133 Å². The lowest BCUT2D eigenvalue weighted by Crippen LogP contribution is -2.47. The second kappa shape index (κ2) is 21.4. The maximum Gasteiger partial charge on any atom is 0.427 e. The van der Waals surface area contributed by atoms with Crippen molar-refractivity contribution in [2.24, 2.45) is 5.41 Å². The summed E-state index contributed by atoms with van der Waals surface area (Å²) < 4.78 is 85.7. The number of carbonyl (C=O) groups is 1. The number of thioether (sulfide) groups is 1. The van der Waals surface area contributed by atoms with Crippen LogP contribution in [0.3, 0.4) is 0 Å². The van der Waals surface area contributed by atoms with E-state index in [4.69, 9.17) is 27.9 Å². The lowest BCUT2D eigenvalue weighted by Gasteiger charge is -2.39. The van der Waals surface area contributed by atoms with Crippen molar-refractivity contribution in [2.75, 3.05) is 61.8 Å². The molecule has 1 unspecified atom stereocenters. The van der Waals surface area contributed by atoms with Gasteiger partial charge in [0.25, 0.3) is 25.8 Å². The van der Waals surface area contributed by atoms with Crippen LogP contribution in [0.4, 0.5) is 20.2 Å². The van der Waals surface area contributed by atoms with Crippen LogP contribution in [-0.4, -0.2) is 96.1 Å². The maximum absolute atomic E-state index is 14.6. The minimum atomic E-state index is -5.63. The van der Waals surface area contributed by atoms with Gasteiger partial charge in [-0.3, -0.25) is 9.69 Å². The Morgan fingerprint density at radius 2 is 1.67 bits per heavy atom. The number of sulfonamides is 1. The molecule has 4 aromatic rings. The Bertz CT molecular complexity index is 2600. The highest BCUT2D eigenvalue weighted by molar-refractivity contribution is 7.99. The van der Waals surface area contributed by atoms with E-state index >= 15 is 0 Å². The summed E-state index contributed by atoms with van der Waals surface area (Å²) in [6, 6.07) is 26.4. The molecule has 0 spiro atoms. The molecule has 66 heavy (non-hydrogen) atoms. The van der Waals surface area contributed by atoms with Crippen LogP contribution in [-0.2, 0) is 24.6 Å². The van der Waals surface area contributed by atoms with E-state index in [0.717, 1.165) is 86.1 Å². The first-order valence-corrected chi connectivity index (χ1v) is 26.6. The lowest BCUT2D eigenvalue weighted by molar-refractivity contribution is 0.0981. The van der Waals surface area contributed by atoms with Crippen molar-refractivity contribution in [1.29, 1.82) is 0 Å². The predicted octanol–water partition coefficient (Wildman–Crippen LogP) is 9.66. The number of piperazine rings is 1. The van der Waals surface area contributed by atoms with Crippen LogP contribution in [0.2, 0.25) is 5.02 Å². The fourth-order valence-electron chi connectivity index (χ4n) is 8.33. The molecule has 3 aliphatic rings. The lowest BCUT2D eigenvalue weighted by atomic mass is 9.72. The maximum atomic E-state index is 14.6. The molecule has 0 saturated carbocycles. The number of nitrogens with zero attached hydrogens (tertiary/aromatic N) is 2. The number of nitrogens with one attached hydrogen (secondary N) is 3. The number of benzene rings is 4. The van der Waals surface area contributed by atoms with Crippen LogP contribution in [0.25, 0.3) is 5.57 Å². The number of sulfone groups is 1. The summed E-state index contributed by atoms with van der Waals surface area (Å²) in [5.41, 5.74) is 4.94. The largest absolute Gasteiger partial charge is 0.497 e. The monoisotopic (exact) mass is 1000 g/mol.